The third kappa shape index (κ3) is 5.15. The van der Waals surface area contributed by atoms with Crippen molar-refractivity contribution in [2.24, 2.45) is 4.99 Å². The van der Waals surface area contributed by atoms with Crippen molar-refractivity contribution in [3.8, 4) is 11.5 Å². The molecule has 0 spiro atoms. The molecule has 36 heavy (non-hydrogen) atoms. The van der Waals surface area contributed by atoms with Gasteiger partial charge in [-0.3, -0.25) is 0 Å². The van der Waals surface area contributed by atoms with Crippen LogP contribution in [0.25, 0.3) is 0 Å². The number of hydrogen-bond donors (Lipinski definition) is 1. The maximum Gasteiger partial charge on any atom is 0.416 e. The van der Waals surface area contributed by atoms with Crippen LogP contribution < -0.4 is 10.1 Å². The minimum atomic E-state index is -4.49. The summed E-state index contributed by atoms with van der Waals surface area (Å²) in [7, 11) is 0. The highest BCUT2D eigenvalue weighted by molar-refractivity contribution is 6.03. The second kappa shape index (κ2) is 9.93. The SMILES string of the molecule is O=C(NCc1ccccc1)N1CCCN(C2=Nc3cc(C(F)(F)F)ccc3Oc3ccccc32)CC1. The van der Waals surface area contributed by atoms with Crippen LogP contribution in [0, 0.1) is 0 Å². The Morgan fingerprint density at radius 3 is 2.50 bits per heavy atom. The summed E-state index contributed by atoms with van der Waals surface area (Å²) in [6, 6.07) is 20.1. The number of carbonyl (C=O) groups is 1. The van der Waals surface area contributed by atoms with Gasteiger partial charge in [0.15, 0.2) is 5.75 Å². The van der Waals surface area contributed by atoms with E-state index in [4.69, 9.17) is 4.74 Å². The Morgan fingerprint density at radius 1 is 0.917 bits per heavy atom. The number of aliphatic imine (C=N–C) groups is 1. The number of nitrogens with zero attached hydrogens (tertiary/aromatic N) is 3. The molecule has 2 aliphatic rings. The molecular weight excluding hydrogens is 469 g/mol. The number of carbonyl (C=O) groups excluding carboxylic acids is 1. The molecule has 9 heteroatoms. The van der Waals surface area contributed by atoms with E-state index in [-0.39, 0.29) is 17.5 Å². The number of hydrogen-bond acceptors (Lipinski definition) is 4. The highest BCUT2D eigenvalue weighted by Crippen LogP contribution is 2.41. The molecule has 1 N–H and O–H groups in total. The summed E-state index contributed by atoms with van der Waals surface area (Å²) >= 11 is 0. The quantitative estimate of drug-likeness (QED) is 0.490. The van der Waals surface area contributed by atoms with E-state index in [0.29, 0.717) is 56.3 Å². The van der Waals surface area contributed by atoms with Crippen LogP contribution in [0.3, 0.4) is 0 Å². The molecule has 3 aromatic carbocycles. The Labute approximate surface area is 207 Å². The van der Waals surface area contributed by atoms with Gasteiger partial charge in [0, 0.05) is 32.7 Å². The van der Waals surface area contributed by atoms with Gasteiger partial charge in [-0.15, -0.1) is 0 Å². The highest BCUT2D eigenvalue weighted by Gasteiger charge is 2.32. The van der Waals surface area contributed by atoms with Crippen LogP contribution in [0.2, 0.25) is 0 Å². The summed E-state index contributed by atoms with van der Waals surface area (Å²) in [6.45, 7) is 2.55. The lowest BCUT2D eigenvalue weighted by molar-refractivity contribution is -0.137. The third-order valence-corrected chi connectivity index (χ3v) is 6.23. The number of nitrogens with one attached hydrogen (secondary N) is 1. The Hall–Kier alpha value is -4.01. The predicted octanol–water partition coefficient (Wildman–Crippen LogP) is 5.81. The average molecular weight is 495 g/mol. The Morgan fingerprint density at radius 2 is 1.69 bits per heavy atom. The molecule has 0 radical (unpaired) electrons. The summed E-state index contributed by atoms with van der Waals surface area (Å²) in [5.74, 6) is 1.33. The summed E-state index contributed by atoms with van der Waals surface area (Å²) < 4.78 is 46.1. The molecule has 2 aliphatic heterocycles. The Balaban J connectivity index is 1.38. The molecular formula is C27H25F3N4O2. The summed E-state index contributed by atoms with van der Waals surface area (Å²) in [5.41, 5.74) is 1.06. The zero-order valence-electron chi connectivity index (χ0n) is 19.5. The maximum atomic E-state index is 13.4. The first kappa shape index (κ1) is 23.7. The van der Waals surface area contributed by atoms with Crippen LogP contribution in [0.5, 0.6) is 11.5 Å². The normalized spacial score (nSPS) is 15.6. The highest BCUT2D eigenvalue weighted by atomic mass is 19.4. The molecule has 2 amide bonds. The van der Waals surface area contributed by atoms with Gasteiger partial charge >= 0.3 is 12.2 Å². The van der Waals surface area contributed by atoms with E-state index in [9.17, 15) is 18.0 Å². The minimum absolute atomic E-state index is 0.123. The van der Waals surface area contributed by atoms with Crippen molar-refractivity contribution in [2.75, 3.05) is 26.2 Å². The van der Waals surface area contributed by atoms with E-state index in [1.807, 2.05) is 53.4 Å². The summed E-state index contributed by atoms with van der Waals surface area (Å²) in [5, 5.41) is 2.96. The van der Waals surface area contributed by atoms with Crippen molar-refractivity contribution in [1.29, 1.82) is 0 Å². The standard InChI is InChI=1S/C27H25F3N4O2/c28-27(29,30)20-11-12-24-22(17-20)32-25(21-9-4-5-10-23(21)36-24)33-13-6-14-34(16-15-33)26(35)31-18-19-7-2-1-3-8-19/h1-5,7-12,17H,6,13-16,18H2,(H,31,35). The topological polar surface area (TPSA) is 57.2 Å². The van der Waals surface area contributed by atoms with Crippen LogP contribution in [0.15, 0.2) is 77.8 Å². The van der Waals surface area contributed by atoms with Crippen molar-refractivity contribution < 1.29 is 22.7 Å². The molecule has 5 rings (SSSR count). The predicted molar refractivity (Wildman–Crippen MR) is 131 cm³/mol. The van der Waals surface area contributed by atoms with Crippen molar-refractivity contribution >= 4 is 17.6 Å². The average Bonchev–Trinajstić information content (AvgIpc) is 3.22. The van der Waals surface area contributed by atoms with Crippen LogP contribution in [-0.2, 0) is 12.7 Å². The smallest absolute Gasteiger partial charge is 0.416 e. The molecule has 186 valence electrons. The van der Waals surface area contributed by atoms with Crippen LogP contribution >= 0.6 is 0 Å². The van der Waals surface area contributed by atoms with Crippen molar-refractivity contribution in [2.45, 2.75) is 19.1 Å². The van der Waals surface area contributed by atoms with Gasteiger partial charge in [0.2, 0.25) is 0 Å². The fourth-order valence-electron chi connectivity index (χ4n) is 4.36. The molecule has 0 saturated carbocycles. The molecule has 0 atom stereocenters. The number of amides is 2. The second-order valence-electron chi connectivity index (χ2n) is 8.69. The first-order valence-electron chi connectivity index (χ1n) is 11.8. The lowest BCUT2D eigenvalue weighted by Gasteiger charge is -2.25. The van der Waals surface area contributed by atoms with Crippen molar-refractivity contribution in [3.63, 3.8) is 0 Å². The number of para-hydroxylation sites is 1. The van der Waals surface area contributed by atoms with Crippen LogP contribution in [-0.4, -0.2) is 47.8 Å². The monoisotopic (exact) mass is 494 g/mol. The van der Waals surface area contributed by atoms with Gasteiger partial charge < -0.3 is 19.9 Å². The first-order valence-corrected chi connectivity index (χ1v) is 11.8. The molecule has 0 unspecified atom stereocenters. The molecule has 1 fully saturated rings. The fourth-order valence-corrected chi connectivity index (χ4v) is 4.36. The minimum Gasteiger partial charge on any atom is -0.454 e. The number of urea groups is 1. The third-order valence-electron chi connectivity index (χ3n) is 6.23. The number of rotatable bonds is 2. The number of fused-ring (bicyclic) bond motifs is 2. The van der Waals surface area contributed by atoms with Gasteiger partial charge in [0.05, 0.1) is 11.1 Å². The van der Waals surface area contributed by atoms with Crippen molar-refractivity contribution in [3.05, 3.63) is 89.5 Å². The molecule has 6 nitrogen and oxygen atoms in total. The summed E-state index contributed by atoms with van der Waals surface area (Å²) in [4.78, 5) is 21.2. The molecule has 3 aromatic rings. The Bertz CT molecular complexity index is 1280. The Kier molecular flexibility index (Phi) is 6.54. The molecule has 0 bridgehead atoms. The zero-order chi connectivity index (χ0) is 25.1. The largest absolute Gasteiger partial charge is 0.454 e. The number of alkyl halides is 3. The van der Waals surface area contributed by atoms with Gasteiger partial charge in [-0.05, 0) is 42.3 Å². The lowest BCUT2D eigenvalue weighted by Crippen LogP contribution is -2.42. The van der Waals surface area contributed by atoms with Gasteiger partial charge in [-0.25, -0.2) is 9.79 Å². The van der Waals surface area contributed by atoms with Gasteiger partial charge in [-0.1, -0.05) is 42.5 Å². The fraction of sp³-hybridized carbons (Fsp3) is 0.259. The zero-order valence-corrected chi connectivity index (χ0v) is 19.5. The summed E-state index contributed by atoms with van der Waals surface area (Å²) in [6.07, 6.45) is -3.80. The van der Waals surface area contributed by atoms with E-state index in [2.05, 4.69) is 10.3 Å². The molecule has 0 aliphatic carbocycles. The van der Waals surface area contributed by atoms with E-state index < -0.39 is 11.7 Å². The van der Waals surface area contributed by atoms with Crippen LogP contribution in [0.4, 0.5) is 23.7 Å². The first-order chi connectivity index (χ1) is 17.4. The maximum absolute atomic E-state index is 13.4. The van der Waals surface area contributed by atoms with Gasteiger partial charge in [0.1, 0.15) is 17.3 Å². The number of halogens is 3. The number of ether oxygens (including phenoxy) is 1. The van der Waals surface area contributed by atoms with Gasteiger partial charge in [0.25, 0.3) is 0 Å². The van der Waals surface area contributed by atoms with Gasteiger partial charge in [-0.2, -0.15) is 13.2 Å². The van der Waals surface area contributed by atoms with Crippen LogP contribution in [0.1, 0.15) is 23.1 Å². The molecule has 0 aromatic heterocycles. The molecule has 2 heterocycles. The van der Waals surface area contributed by atoms with E-state index >= 15 is 0 Å². The number of benzene rings is 3. The van der Waals surface area contributed by atoms with Crippen molar-refractivity contribution in [1.82, 2.24) is 15.1 Å². The molecule has 1 saturated heterocycles. The number of amidine groups is 1. The lowest BCUT2D eigenvalue weighted by atomic mass is 10.1. The van der Waals surface area contributed by atoms with E-state index in [1.165, 1.54) is 6.07 Å². The van der Waals surface area contributed by atoms with E-state index in [1.54, 1.807) is 11.0 Å². The second-order valence-corrected chi connectivity index (χ2v) is 8.69. The van der Waals surface area contributed by atoms with E-state index in [0.717, 1.165) is 17.7 Å².